The Hall–Kier alpha value is -2.49. The fourth-order valence-electron chi connectivity index (χ4n) is 2.44. The molecule has 0 aliphatic carbocycles. The molecule has 0 aromatic heterocycles. The smallest absolute Gasteiger partial charge is 0.128 e. The third kappa shape index (κ3) is 4.75. The lowest BCUT2D eigenvalue weighted by Crippen LogP contribution is -2.16. The largest absolute Gasteiger partial charge is 0.490 e. The Bertz CT molecular complexity index is 702. The van der Waals surface area contributed by atoms with E-state index < -0.39 is 0 Å². The molecule has 2 aromatic carbocycles. The van der Waals surface area contributed by atoms with E-state index in [4.69, 9.17) is 14.7 Å². The molecule has 0 fully saturated rings. The number of oxime groups is 1. The highest BCUT2D eigenvalue weighted by atomic mass is 16.5. The van der Waals surface area contributed by atoms with Crippen molar-refractivity contribution in [2.45, 2.75) is 33.1 Å². The molecule has 0 spiro atoms. The van der Waals surface area contributed by atoms with E-state index in [0.29, 0.717) is 19.0 Å². The minimum Gasteiger partial charge on any atom is -0.490 e. The monoisotopic (exact) mass is 327 g/mol. The fraction of sp³-hybridized carbons (Fsp3) is 0.350. The molecule has 2 aromatic rings. The average Bonchev–Trinajstić information content (AvgIpc) is 2.53. The van der Waals surface area contributed by atoms with Gasteiger partial charge in [0.05, 0.1) is 6.21 Å². The van der Waals surface area contributed by atoms with Gasteiger partial charge in [0.15, 0.2) is 0 Å². The van der Waals surface area contributed by atoms with Crippen LogP contribution >= 0.6 is 0 Å². The van der Waals surface area contributed by atoms with Gasteiger partial charge in [0.1, 0.15) is 24.7 Å². The fourth-order valence-corrected chi connectivity index (χ4v) is 2.44. The van der Waals surface area contributed by atoms with Crippen LogP contribution < -0.4 is 9.47 Å². The molecule has 0 saturated carbocycles. The predicted octanol–water partition coefficient (Wildman–Crippen LogP) is 4.56. The lowest BCUT2D eigenvalue weighted by molar-refractivity contribution is 0.214. The Morgan fingerprint density at radius 2 is 1.67 bits per heavy atom. The van der Waals surface area contributed by atoms with Gasteiger partial charge in [0.25, 0.3) is 0 Å². The first-order valence-corrected chi connectivity index (χ1v) is 8.05. The van der Waals surface area contributed by atoms with Crippen LogP contribution in [-0.4, -0.2) is 24.6 Å². The van der Waals surface area contributed by atoms with Crippen molar-refractivity contribution in [1.82, 2.24) is 0 Å². The Morgan fingerprint density at radius 3 is 2.33 bits per heavy atom. The van der Waals surface area contributed by atoms with Crippen LogP contribution in [-0.2, 0) is 5.41 Å². The van der Waals surface area contributed by atoms with Gasteiger partial charge < -0.3 is 14.7 Å². The molecule has 0 amide bonds. The molecule has 2 rings (SSSR count). The Morgan fingerprint density at radius 1 is 1.00 bits per heavy atom. The van der Waals surface area contributed by atoms with Gasteiger partial charge in [0, 0.05) is 5.56 Å². The van der Waals surface area contributed by atoms with Gasteiger partial charge in [-0.3, -0.25) is 0 Å². The second-order valence-corrected chi connectivity index (χ2v) is 6.73. The Kier molecular flexibility index (Phi) is 5.85. The minimum atomic E-state index is 0.0202. The highest BCUT2D eigenvalue weighted by Gasteiger charge is 2.19. The molecule has 1 N–H and O–H groups in total. The van der Waals surface area contributed by atoms with Crippen LogP contribution in [0.5, 0.6) is 11.5 Å². The molecule has 0 aliphatic rings. The van der Waals surface area contributed by atoms with E-state index in [1.54, 1.807) is 0 Å². The molecule has 0 atom stereocenters. The summed E-state index contributed by atoms with van der Waals surface area (Å²) in [5.41, 5.74) is 3.16. The molecule has 4 heteroatoms. The van der Waals surface area contributed by atoms with Gasteiger partial charge >= 0.3 is 0 Å². The lowest BCUT2D eigenvalue weighted by Gasteiger charge is -2.23. The summed E-state index contributed by atoms with van der Waals surface area (Å²) in [6.45, 7) is 9.47. The normalized spacial score (nSPS) is 11.7. The number of hydrogen-bond acceptors (Lipinski definition) is 4. The van der Waals surface area contributed by atoms with E-state index in [-0.39, 0.29) is 5.41 Å². The van der Waals surface area contributed by atoms with Crippen LogP contribution in [0.15, 0.2) is 47.6 Å². The Labute approximate surface area is 143 Å². The standard InChI is InChI=1S/C20H25NO3/c1-15-9-10-19(17(13-15)20(2,3)4)24-12-11-23-18-8-6-5-7-16(18)14-21-22/h5-10,13-14,22H,11-12H2,1-4H3. The van der Waals surface area contributed by atoms with E-state index in [1.165, 1.54) is 17.3 Å². The molecule has 128 valence electrons. The Balaban J connectivity index is 1.99. The predicted molar refractivity (Wildman–Crippen MR) is 96.7 cm³/mol. The van der Waals surface area contributed by atoms with E-state index in [2.05, 4.69) is 45.0 Å². The average molecular weight is 327 g/mol. The molecular formula is C20H25NO3. The zero-order valence-corrected chi connectivity index (χ0v) is 14.7. The number of aryl methyl sites for hydroxylation is 1. The maximum atomic E-state index is 8.68. The summed E-state index contributed by atoms with van der Waals surface area (Å²) < 4.78 is 11.7. The van der Waals surface area contributed by atoms with Gasteiger partial charge in [-0.2, -0.15) is 0 Å². The molecule has 0 unspecified atom stereocenters. The third-order valence-corrected chi connectivity index (χ3v) is 3.66. The van der Waals surface area contributed by atoms with Crippen LogP contribution in [0.4, 0.5) is 0 Å². The van der Waals surface area contributed by atoms with Crippen LogP contribution in [0, 0.1) is 6.92 Å². The van der Waals surface area contributed by atoms with E-state index in [1.807, 2.05) is 30.3 Å². The maximum Gasteiger partial charge on any atom is 0.128 e. The highest BCUT2D eigenvalue weighted by Crippen LogP contribution is 2.32. The summed E-state index contributed by atoms with van der Waals surface area (Å²) in [5.74, 6) is 1.56. The quantitative estimate of drug-likeness (QED) is 0.366. The first kappa shape index (κ1) is 17.9. The van der Waals surface area contributed by atoms with Crippen molar-refractivity contribution < 1.29 is 14.7 Å². The molecule has 4 nitrogen and oxygen atoms in total. The van der Waals surface area contributed by atoms with Crippen LogP contribution in [0.3, 0.4) is 0 Å². The molecule has 0 heterocycles. The molecule has 0 aliphatic heterocycles. The van der Waals surface area contributed by atoms with Crippen LogP contribution in [0.1, 0.15) is 37.5 Å². The number of hydrogen-bond donors (Lipinski definition) is 1. The summed E-state index contributed by atoms with van der Waals surface area (Å²) >= 11 is 0. The summed E-state index contributed by atoms with van der Waals surface area (Å²) in [6.07, 6.45) is 1.36. The maximum absolute atomic E-state index is 8.68. The molecule has 0 radical (unpaired) electrons. The van der Waals surface area contributed by atoms with E-state index >= 15 is 0 Å². The summed E-state index contributed by atoms with van der Waals surface area (Å²) in [7, 11) is 0. The molecule has 24 heavy (non-hydrogen) atoms. The van der Waals surface area contributed by atoms with E-state index in [9.17, 15) is 0 Å². The number of benzene rings is 2. The SMILES string of the molecule is Cc1ccc(OCCOc2ccccc2C=NO)c(C(C)(C)C)c1. The second-order valence-electron chi connectivity index (χ2n) is 6.73. The van der Waals surface area contributed by atoms with E-state index in [0.717, 1.165) is 11.3 Å². The zero-order chi connectivity index (χ0) is 17.6. The summed E-state index contributed by atoms with van der Waals surface area (Å²) in [6, 6.07) is 13.6. The molecular weight excluding hydrogens is 302 g/mol. The topological polar surface area (TPSA) is 51.0 Å². The van der Waals surface area contributed by atoms with Gasteiger partial charge in [0.2, 0.25) is 0 Å². The molecule has 0 saturated heterocycles. The zero-order valence-electron chi connectivity index (χ0n) is 14.7. The van der Waals surface area contributed by atoms with Crippen molar-refractivity contribution in [2.75, 3.05) is 13.2 Å². The van der Waals surface area contributed by atoms with Crippen molar-refractivity contribution >= 4 is 6.21 Å². The number of para-hydroxylation sites is 1. The van der Waals surface area contributed by atoms with Gasteiger partial charge in [-0.05, 0) is 36.1 Å². The van der Waals surface area contributed by atoms with Crippen molar-refractivity contribution in [2.24, 2.45) is 5.16 Å². The first-order chi connectivity index (χ1) is 11.4. The lowest BCUT2D eigenvalue weighted by atomic mass is 9.85. The van der Waals surface area contributed by atoms with Crippen molar-refractivity contribution in [3.63, 3.8) is 0 Å². The van der Waals surface area contributed by atoms with Gasteiger partial charge in [-0.1, -0.05) is 55.8 Å². The third-order valence-electron chi connectivity index (χ3n) is 3.66. The number of rotatable bonds is 6. The van der Waals surface area contributed by atoms with Crippen molar-refractivity contribution in [3.05, 3.63) is 59.2 Å². The van der Waals surface area contributed by atoms with Crippen LogP contribution in [0.25, 0.3) is 0 Å². The minimum absolute atomic E-state index is 0.0202. The summed E-state index contributed by atoms with van der Waals surface area (Å²) in [4.78, 5) is 0. The van der Waals surface area contributed by atoms with Crippen molar-refractivity contribution in [3.8, 4) is 11.5 Å². The second kappa shape index (κ2) is 7.86. The summed E-state index contributed by atoms with van der Waals surface area (Å²) in [5, 5.41) is 11.7. The first-order valence-electron chi connectivity index (χ1n) is 8.05. The van der Waals surface area contributed by atoms with Crippen molar-refractivity contribution in [1.29, 1.82) is 0 Å². The number of nitrogens with zero attached hydrogens (tertiary/aromatic N) is 1. The van der Waals surface area contributed by atoms with Gasteiger partial charge in [-0.15, -0.1) is 0 Å². The van der Waals surface area contributed by atoms with Gasteiger partial charge in [-0.25, -0.2) is 0 Å². The molecule has 0 bridgehead atoms. The highest BCUT2D eigenvalue weighted by molar-refractivity contribution is 5.82. The number of ether oxygens (including phenoxy) is 2. The van der Waals surface area contributed by atoms with Crippen LogP contribution in [0.2, 0.25) is 0 Å².